The molecule has 0 aliphatic rings. The number of ether oxygens (including phenoxy) is 2. The molecule has 0 spiro atoms. The number of rotatable bonds is 13. The third-order valence-electron chi connectivity index (χ3n) is 6.64. The van der Waals surface area contributed by atoms with Crippen LogP contribution in [-0.4, -0.2) is 22.6 Å². The summed E-state index contributed by atoms with van der Waals surface area (Å²) < 4.78 is 11.1. The molecule has 4 aromatic carbocycles. The van der Waals surface area contributed by atoms with E-state index in [2.05, 4.69) is 0 Å². The summed E-state index contributed by atoms with van der Waals surface area (Å²) in [5.74, 6) is -3.69. The fourth-order valence-corrected chi connectivity index (χ4v) is 4.40. The van der Waals surface area contributed by atoms with Gasteiger partial charge in [0, 0.05) is 24.1 Å². The maximum atomic E-state index is 13.3. The van der Waals surface area contributed by atoms with E-state index in [1.54, 1.807) is 66.7 Å². The van der Waals surface area contributed by atoms with E-state index < -0.39 is 28.7 Å². The summed E-state index contributed by atoms with van der Waals surface area (Å²) in [6.45, 7) is -0.0689. The van der Waals surface area contributed by atoms with Gasteiger partial charge in [-0.15, -0.1) is 0 Å². The normalized spacial score (nSPS) is 11.4. The van der Waals surface area contributed by atoms with Crippen LogP contribution in [0.1, 0.15) is 45.8 Å². The average Bonchev–Trinajstić information content (AvgIpc) is 3.02. The Bertz CT molecular complexity index is 1400. The molecule has 0 aliphatic carbocycles. The van der Waals surface area contributed by atoms with Crippen LogP contribution in [-0.2, 0) is 32.3 Å². The molecule has 8 nitrogen and oxygen atoms in total. The van der Waals surface area contributed by atoms with E-state index in [0.717, 1.165) is 11.1 Å². The van der Waals surface area contributed by atoms with Gasteiger partial charge in [-0.05, 0) is 29.0 Å². The van der Waals surface area contributed by atoms with Crippen molar-refractivity contribution in [1.29, 1.82) is 0 Å². The van der Waals surface area contributed by atoms with E-state index in [1.165, 1.54) is 12.1 Å². The molecule has 0 bridgehead atoms. The lowest BCUT2D eigenvalue weighted by Gasteiger charge is -2.22. The number of nitro benzene ring substituents is 1. The fraction of sp³-hybridized carbons (Fsp3) is 0.182. The number of benzene rings is 4. The lowest BCUT2D eigenvalue weighted by atomic mass is 9.84. The minimum absolute atomic E-state index is 0.0315. The molecule has 1 unspecified atom stereocenters. The molecule has 0 N–H and O–H groups in total. The van der Waals surface area contributed by atoms with Crippen molar-refractivity contribution in [3.8, 4) is 0 Å². The molecule has 0 fully saturated rings. The predicted molar refractivity (Wildman–Crippen MR) is 152 cm³/mol. The second-order valence-electron chi connectivity index (χ2n) is 9.51. The van der Waals surface area contributed by atoms with Gasteiger partial charge in [0.05, 0.1) is 4.92 Å². The third-order valence-corrected chi connectivity index (χ3v) is 6.64. The minimum atomic E-state index is -1.33. The molecular weight excluding hydrogens is 522 g/mol. The quantitative estimate of drug-likeness (QED) is 0.0617. The molecule has 4 rings (SSSR count). The standard InChI is InChI=1S/C33H29NO7/c35-31(27-14-8-3-9-15-27)21-28(26-16-18-29(19-17-26)34(38)39)20-30(32(36)40-22-24-10-4-1-5-11-24)33(37)41-23-25-12-6-2-7-13-25/h1-19,28,30H,20-23H2. The Morgan fingerprint density at radius 3 is 1.59 bits per heavy atom. The molecular formula is C33H29NO7. The summed E-state index contributed by atoms with van der Waals surface area (Å²) in [5.41, 5.74) is 2.46. The van der Waals surface area contributed by atoms with Crippen molar-refractivity contribution in [2.24, 2.45) is 5.92 Å². The number of ketones is 1. The van der Waals surface area contributed by atoms with Crippen molar-refractivity contribution in [3.05, 3.63) is 148 Å². The second kappa shape index (κ2) is 14.3. The Hall–Kier alpha value is -5.11. The zero-order valence-electron chi connectivity index (χ0n) is 22.3. The summed E-state index contributed by atoms with van der Waals surface area (Å²) >= 11 is 0. The highest BCUT2D eigenvalue weighted by Crippen LogP contribution is 2.32. The summed E-state index contributed by atoms with van der Waals surface area (Å²) in [6, 6.07) is 32.6. The van der Waals surface area contributed by atoms with Gasteiger partial charge in [-0.1, -0.05) is 103 Å². The monoisotopic (exact) mass is 551 g/mol. The van der Waals surface area contributed by atoms with Gasteiger partial charge in [0.25, 0.3) is 5.69 Å². The topological polar surface area (TPSA) is 113 Å². The smallest absolute Gasteiger partial charge is 0.320 e. The van der Waals surface area contributed by atoms with Gasteiger partial charge in [0.1, 0.15) is 13.2 Å². The number of nitrogens with zero attached hydrogens (tertiary/aromatic N) is 1. The van der Waals surface area contributed by atoms with E-state index >= 15 is 0 Å². The van der Waals surface area contributed by atoms with Crippen LogP contribution < -0.4 is 0 Å². The fourth-order valence-electron chi connectivity index (χ4n) is 4.40. The first kappa shape index (κ1) is 28.9. The van der Waals surface area contributed by atoms with Gasteiger partial charge in [0.15, 0.2) is 11.7 Å². The number of hydrogen-bond acceptors (Lipinski definition) is 7. The maximum absolute atomic E-state index is 13.3. The van der Waals surface area contributed by atoms with Crippen LogP contribution in [0, 0.1) is 16.0 Å². The number of nitro groups is 1. The second-order valence-corrected chi connectivity index (χ2v) is 9.51. The Morgan fingerprint density at radius 2 is 1.12 bits per heavy atom. The molecule has 0 aliphatic heterocycles. The molecule has 0 radical (unpaired) electrons. The number of non-ortho nitro benzene ring substituents is 1. The van der Waals surface area contributed by atoms with Crippen LogP contribution >= 0.6 is 0 Å². The molecule has 41 heavy (non-hydrogen) atoms. The largest absolute Gasteiger partial charge is 0.460 e. The average molecular weight is 552 g/mol. The van der Waals surface area contributed by atoms with Gasteiger partial charge in [-0.3, -0.25) is 24.5 Å². The number of esters is 2. The molecule has 0 heterocycles. The van der Waals surface area contributed by atoms with Gasteiger partial charge >= 0.3 is 11.9 Å². The first-order valence-electron chi connectivity index (χ1n) is 13.1. The highest BCUT2D eigenvalue weighted by atomic mass is 16.6. The van der Waals surface area contributed by atoms with Crippen molar-refractivity contribution in [2.75, 3.05) is 0 Å². The van der Waals surface area contributed by atoms with Crippen LogP contribution in [0.3, 0.4) is 0 Å². The Labute approximate surface area is 237 Å². The van der Waals surface area contributed by atoms with Crippen molar-refractivity contribution in [2.45, 2.75) is 32.0 Å². The number of hydrogen-bond donors (Lipinski definition) is 0. The Balaban J connectivity index is 1.60. The zero-order chi connectivity index (χ0) is 29.0. The summed E-state index contributed by atoms with van der Waals surface area (Å²) in [7, 11) is 0. The maximum Gasteiger partial charge on any atom is 0.320 e. The van der Waals surface area contributed by atoms with Gasteiger partial charge in [-0.2, -0.15) is 0 Å². The highest BCUT2D eigenvalue weighted by molar-refractivity contribution is 5.97. The molecule has 0 saturated carbocycles. The van der Waals surface area contributed by atoms with E-state index in [9.17, 15) is 24.5 Å². The van der Waals surface area contributed by atoms with E-state index in [1.807, 2.05) is 36.4 Å². The summed E-state index contributed by atoms with van der Waals surface area (Å²) in [6.07, 6.45) is -0.117. The molecule has 0 amide bonds. The van der Waals surface area contributed by atoms with Crippen LogP contribution in [0.15, 0.2) is 115 Å². The summed E-state index contributed by atoms with van der Waals surface area (Å²) in [4.78, 5) is 50.6. The number of carbonyl (C=O) groups excluding carboxylic acids is 3. The SMILES string of the molecule is O=C(CC(CC(C(=O)OCc1ccccc1)C(=O)OCc1ccccc1)c1ccc([N+](=O)[O-])cc1)c1ccccc1. The van der Waals surface area contributed by atoms with Crippen LogP contribution in [0.2, 0.25) is 0 Å². The Morgan fingerprint density at radius 1 is 0.659 bits per heavy atom. The van der Waals surface area contributed by atoms with Crippen LogP contribution in [0.5, 0.6) is 0 Å². The highest BCUT2D eigenvalue weighted by Gasteiger charge is 2.34. The van der Waals surface area contributed by atoms with Gasteiger partial charge in [-0.25, -0.2) is 0 Å². The van der Waals surface area contributed by atoms with Crippen LogP contribution in [0.25, 0.3) is 0 Å². The van der Waals surface area contributed by atoms with E-state index in [-0.39, 0.29) is 37.5 Å². The van der Waals surface area contributed by atoms with Crippen molar-refractivity contribution >= 4 is 23.4 Å². The lowest BCUT2D eigenvalue weighted by Crippen LogP contribution is -2.30. The zero-order valence-corrected chi connectivity index (χ0v) is 22.3. The Kier molecular flexibility index (Phi) is 10.1. The summed E-state index contributed by atoms with van der Waals surface area (Å²) in [5, 5.41) is 11.2. The molecule has 208 valence electrons. The first-order chi connectivity index (χ1) is 19.9. The van der Waals surface area contributed by atoms with Gasteiger partial charge < -0.3 is 9.47 Å². The van der Waals surface area contributed by atoms with Crippen molar-refractivity contribution in [3.63, 3.8) is 0 Å². The van der Waals surface area contributed by atoms with Crippen molar-refractivity contribution < 1.29 is 28.8 Å². The molecule has 8 heteroatoms. The molecule has 1 atom stereocenters. The van der Waals surface area contributed by atoms with Crippen LogP contribution in [0.4, 0.5) is 5.69 Å². The number of carbonyl (C=O) groups is 3. The van der Waals surface area contributed by atoms with Crippen molar-refractivity contribution in [1.82, 2.24) is 0 Å². The van der Waals surface area contributed by atoms with E-state index in [0.29, 0.717) is 11.1 Å². The molecule has 0 saturated heterocycles. The number of Topliss-reactive ketones (excluding diaryl/α,β-unsaturated/α-hetero) is 1. The third kappa shape index (κ3) is 8.44. The molecule has 0 aromatic heterocycles. The lowest BCUT2D eigenvalue weighted by molar-refractivity contribution is -0.384. The predicted octanol–water partition coefficient (Wildman–Crippen LogP) is 6.44. The minimum Gasteiger partial charge on any atom is -0.460 e. The van der Waals surface area contributed by atoms with E-state index in [4.69, 9.17) is 9.47 Å². The molecule has 4 aromatic rings. The first-order valence-corrected chi connectivity index (χ1v) is 13.1. The van der Waals surface area contributed by atoms with Gasteiger partial charge in [0.2, 0.25) is 0 Å².